The number of anilines is 1. The lowest BCUT2D eigenvalue weighted by molar-refractivity contribution is -0.118. The number of carbonyl (C=O) groups excluding carboxylic acids is 1. The Morgan fingerprint density at radius 3 is 2.68 bits per heavy atom. The van der Waals surface area contributed by atoms with Gasteiger partial charge in [0.2, 0.25) is 4.80 Å². The lowest BCUT2D eigenvalue weighted by atomic mass is 9.96. The SMILES string of the molecule is CCC(=Nn1c(-c2ccc3c(c2)NC(=O)CO3)csc1=NC1CCCCC1)c1ccc(OC)c(OC)c1. The zero-order valence-corrected chi connectivity index (χ0v) is 22.3. The van der Waals surface area contributed by atoms with Gasteiger partial charge in [0.15, 0.2) is 18.1 Å². The topological polar surface area (TPSA) is 86.4 Å². The average Bonchev–Trinajstić information content (AvgIpc) is 3.33. The number of benzene rings is 2. The van der Waals surface area contributed by atoms with E-state index >= 15 is 0 Å². The Morgan fingerprint density at radius 2 is 1.92 bits per heavy atom. The summed E-state index contributed by atoms with van der Waals surface area (Å²) in [6.07, 6.45) is 6.64. The molecule has 0 unspecified atom stereocenters. The minimum atomic E-state index is -0.157. The van der Waals surface area contributed by atoms with Crippen LogP contribution in [0.25, 0.3) is 11.3 Å². The molecule has 3 aromatic rings. The summed E-state index contributed by atoms with van der Waals surface area (Å²) >= 11 is 1.59. The van der Waals surface area contributed by atoms with Crippen LogP contribution >= 0.6 is 11.3 Å². The minimum Gasteiger partial charge on any atom is -0.493 e. The first-order valence-electron chi connectivity index (χ1n) is 12.7. The van der Waals surface area contributed by atoms with Crippen molar-refractivity contribution >= 4 is 28.6 Å². The fraction of sp³-hybridized carbons (Fsp3) is 0.393. The normalized spacial score (nSPS) is 16.7. The van der Waals surface area contributed by atoms with Crippen molar-refractivity contribution in [2.45, 2.75) is 51.5 Å². The molecule has 37 heavy (non-hydrogen) atoms. The van der Waals surface area contributed by atoms with Gasteiger partial charge in [0.25, 0.3) is 5.91 Å². The van der Waals surface area contributed by atoms with Crippen LogP contribution in [0.3, 0.4) is 0 Å². The zero-order chi connectivity index (χ0) is 25.8. The van der Waals surface area contributed by atoms with Crippen molar-refractivity contribution in [1.29, 1.82) is 0 Å². The highest BCUT2D eigenvalue weighted by molar-refractivity contribution is 7.07. The molecule has 0 bridgehead atoms. The number of methoxy groups -OCH3 is 2. The van der Waals surface area contributed by atoms with Gasteiger partial charge in [-0.3, -0.25) is 9.79 Å². The Hall–Kier alpha value is -3.59. The quantitative estimate of drug-likeness (QED) is 0.419. The zero-order valence-electron chi connectivity index (χ0n) is 21.5. The lowest BCUT2D eigenvalue weighted by Gasteiger charge is -2.19. The van der Waals surface area contributed by atoms with E-state index in [9.17, 15) is 4.79 Å². The maximum atomic E-state index is 11.9. The molecule has 1 amide bonds. The molecular weight excluding hydrogens is 488 g/mol. The standard InChI is InChI=1S/C28H32N4O4S/c1-4-21(18-10-13-25(34-2)26(15-18)35-3)31-32-23(17-37-28(32)29-20-8-6-5-7-9-20)19-11-12-24-22(14-19)30-27(33)16-36-24/h10-15,17,20H,4-9,16H2,1-3H3,(H,30,33). The van der Waals surface area contributed by atoms with Crippen molar-refractivity contribution < 1.29 is 19.0 Å². The Labute approximate surface area is 220 Å². The second kappa shape index (κ2) is 11.2. The highest BCUT2D eigenvalue weighted by Gasteiger charge is 2.19. The molecule has 2 aromatic carbocycles. The Kier molecular flexibility index (Phi) is 7.60. The van der Waals surface area contributed by atoms with Crippen LogP contribution in [-0.4, -0.2) is 43.2 Å². The third-order valence-electron chi connectivity index (χ3n) is 6.73. The highest BCUT2D eigenvalue weighted by atomic mass is 32.1. The van der Waals surface area contributed by atoms with Gasteiger partial charge in [-0.1, -0.05) is 26.2 Å². The molecule has 1 N–H and O–H groups in total. The summed E-state index contributed by atoms with van der Waals surface area (Å²) in [5.74, 6) is 1.85. The number of rotatable bonds is 7. The van der Waals surface area contributed by atoms with Crippen LogP contribution in [0.5, 0.6) is 17.2 Å². The van der Waals surface area contributed by atoms with Gasteiger partial charge in [-0.2, -0.15) is 5.10 Å². The number of aromatic nitrogens is 1. The molecule has 2 heterocycles. The molecule has 0 radical (unpaired) electrons. The van der Waals surface area contributed by atoms with Crippen molar-refractivity contribution in [3.8, 4) is 28.5 Å². The minimum absolute atomic E-state index is 0.0324. The molecule has 194 valence electrons. The summed E-state index contributed by atoms with van der Waals surface area (Å²) in [5, 5.41) is 10.1. The van der Waals surface area contributed by atoms with Crippen LogP contribution in [0.1, 0.15) is 51.0 Å². The molecule has 1 fully saturated rings. The van der Waals surface area contributed by atoms with E-state index in [1.165, 1.54) is 19.3 Å². The van der Waals surface area contributed by atoms with Crippen LogP contribution in [0.4, 0.5) is 5.69 Å². The van der Waals surface area contributed by atoms with E-state index in [1.807, 2.05) is 41.1 Å². The number of carbonyl (C=O) groups is 1. The summed E-state index contributed by atoms with van der Waals surface area (Å²) in [4.78, 5) is 17.9. The number of amides is 1. The summed E-state index contributed by atoms with van der Waals surface area (Å²) in [7, 11) is 3.26. The Morgan fingerprint density at radius 1 is 1.11 bits per heavy atom. The number of nitrogens with zero attached hydrogens (tertiary/aromatic N) is 3. The summed E-state index contributed by atoms with van der Waals surface area (Å²) in [6, 6.07) is 12.0. The van der Waals surface area contributed by atoms with Crippen molar-refractivity contribution in [3.63, 3.8) is 0 Å². The van der Waals surface area contributed by atoms with Crippen LogP contribution in [0.15, 0.2) is 51.9 Å². The summed E-state index contributed by atoms with van der Waals surface area (Å²) in [6.45, 7) is 2.12. The van der Waals surface area contributed by atoms with Crippen molar-refractivity contribution in [3.05, 3.63) is 52.1 Å². The number of ether oxygens (including phenoxy) is 3. The smallest absolute Gasteiger partial charge is 0.262 e. The van der Waals surface area contributed by atoms with Gasteiger partial charge in [-0.15, -0.1) is 11.3 Å². The number of hydrogen-bond acceptors (Lipinski definition) is 7. The largest absolute Gasteiger partial charge is 0.493 e. The molecule has 1 saturated carbocycles. The monoisotopic (exact) mass is 520 g/mol. The second-order valence-electron chi connectivity index (χ2n) is 9.15. The first-order valence-corrected chi connectivity index (χ1v) is 13.6. The van der Waals surface area contributed by atoms with Gasteiger partial charge in [0, 0.05) is 16.5 Å². The van der Waals surface area contributed by atoms with Gasteiger partial charge in [0.05, 0.1) is 37.4 Å². The molecule has 5 rings (SSSR count). The molecule has 0 saturated heterocycles. The van der Waals surface area contributed by atoms with Crippen molar-refractivity contribution in [1.82, 2.24) is 4.68 Å². The second-order valence-corrected chi connectivity index (χ2v) is 9.99. The van der Waals surface area contributed by atoms with E-state index in [0.29, 0.717) is 35.4 Å². The Balaban J connectivity index is 1.63. The fourth-order valence-electron chi connectivity index (χ4n) is 4.76. The third-order valence-corrected chi connectivity index (χ3v) is 7.56. The Bertz CT molecular complexity index is 1390. The average molecular weight is 521 g/mol. The van der Waals surface area contributed by atoms with Crippen molar-refractivity contribution in [2.24, 2.45) is 10.1 Å². The van der Waals surface area contributed by atoms with Gasteiger partial charge >= 0.3 is 0 Å². The van der Waals surface area contributed by atoms with E-state index < -0.39 is 0 Å². The molecule has 0 spiro atoms. The van der Waals surface area contributed by atoms with E-state index in [0.717, 1.165) is 40.2 Å². The molecule has 2 aliphatic rings. The molecule has 1 aliphatic heterocycles. The molecule has 0 atom stereocenters. The number of thiazole rings is 1. The first-order chi connectivity index (χ1) is 18.1. The number of hydrogen-bond donors (Lipinski definition) is 1. The van der Waals surface area contributed by atoms with Crippen LogP contribution < -0.4 is 24.3 Å². The molecule has 1 aromatic heterocycles. The van der Waals surface area contributed by atoms with E-state index in [4.69, 9.17) is 24.3 Å². The van der Waals surface area contributed by atoms with Crippen LogP contribution in [-0.2, 0) is 4.79 Å². The van der Waals surface area contributed by atoms with Gasteiger partial charge in [-0.05, 0) is 55.7 Å². The maximum absolute atomic E-state index is 11.9. The summed E-state index contributed by atoms with van der Waals surface area (Å²) in [5.41, 5.74) is 4.36. The third kappa shape index (κ3) is 5.41. The lowest BCUT2D eigenvalue weighted by Crippen LogP contribution is -2.25. The van der Waals surface area contributed by atoms with Gasteiger partial charge < -0.3 is 19.5 Å². The first kappa shape index (κ1) is 25.1. The molecule has 8 nitrogen and oxygen atoms in total. The predicted octanol–water partition coefficient (Wildman–Crippen LogP) is 5.46. The molecule has 1 aliphatic carbocycles. The van der Waals surface area contributed by atoms with Gasteiger partial charge in [0.1, 0.15) is 5.75 Å². The summed E-state index contributed by atoms with van der Waals surface area (Å²) < 4.78 is 18.5. The number of fused-ring (bicyclic) bond motifs is 1. The van der Waals surface area contributed by atoms with E-state index in [1.54, 1.807) is 25.6 Å². The van der Waals surface area contributed by atoms with Crippen LogP contribution in [0.2, 0.25) is 0 Å². The predicted molar refractivity (Wildman–Crippen MR) is 146 cm³/mol. The van der Waals surface area contributed by atoms with Crippen molar-refractivity contribution in [2.75, 3.05) is 26.1 Å². The molecule has 9 heteroatoms. The van der Waals surface area contributed by atoms with Gasteiger partial charge in [-0.25, -0.2) is 4.68 Å². The van der Waals surface area contributed by atoms with Crippen LogP contribution in [0, 0.1) is 0 Å². The highest BCUT2D eigenvalue weighted by Crippen LogP contribution is 2.33. The van der Waals surface area contributed by atoms with E-state index in [2.05, 4.69) is 17.6 Å². The molecular formula is C28H32N4O4S. The van der Waals surface area contributed by atoms with E-state index in [-0.39, 0.29) is 12.5 Å². The number of nitrogens with one attached hydrogen (secondary N) is 1. The maximum Gasteiger partial charge on any atom is 0.262 e. The fourth-order valence-corrected chi connectivity index (χ4v) is 5.66.